The summed E-state index contributed by atoms with van der Waals surface area (Å²) < 4.78 is 9.89. The molecule has 0 saturated heterocycles. The van der Waals surface area contributed by atoms with Crippen LogP contribution < -0.4 is 21.4 Å². The number of amides is 4. The fourth-order valence-corrected chi connectivity index (χ4v) is 3.44. The van der Waals surface area contributed by atoms with Crippen molar-refractivity contribution in [3.8, 4) is 0 Å². The van der Waals surface area contributed by atoms with Crippen molar-refractivity contribution >= 4 is 34.4 Å². The van der Waals surface area contributed by atoms with Crippen LogP contribution in [0.25, 0.3) is 10.8 Å². The highest BCUT2D eigenvalue weighted by atomic mass is 16.6. The Labute approximate surface area is 233 Å². The summed E-state index contributed by atoms with van der Waals surface area (Å²) in [4.78, 5) is 51.7. The van der Waals surface area contributed by atoms with Gasteiger partial charge in [0, 0.05) is 26.6 Å². The van der Waals surface area contributed by atoms with Gasteiger partial charge in [0.05, 0.1) is 19.8 Å². The Morgan fingerprint density at radius 2 is 1.80 bits per heavy atom. The van der Waals surface area contributed by atoms with Crippen LogP contribution in [-0.4, -0.2) is 61.7 Å². The van der Waals surface area contributed by atoms with E-state index in [4.69, 9.17) is 14.1 Å². The summed E-state index contributed by atoms with van der Waals surface area (Å²) in [6.45, 7) is 5.73. The molecule has 12 heteroatoms. The Bertz CT molecular complexity index is 1260. The number of unbranched alkanes of at least 4 members (excludes halogenated alkanes) is 1. The zero-order valence-electron chi connectivity index (χ0n) is 23.2. The number of fused-ring (bicyclic) bond motifs is 1. The largest absolute Gasteiger partial charge is 0.382 e. The van der Waals surface area contributed by atoms with Crippen LogP contribution in [0.15, 0.2) is 53.1 Å². The lowest BCUT2D eigenvalue weighted by Crippen LogP contribution is -2.51. The Kier molecular flexibility index (Phi) is 13.8. The molecule has 0 spiro atoms. The highest BCUT2D eigenvalue weighted by Gasteiger charge is 2.21. The number of hydrogen-bond acceptors (Lipinski definition) is 8. The van der Waals surface area contributed by atoms with Gasteiger partial charge in [-0.05, 0) is 29.7 Å². The smallest absolute Gasteiger partial charge is 0.273 e. The molecule has 2 aromatic carbocycles. The van der Waals surface area contributed by atoms with Crippen LogP contribution in [0.2, 0.25) is 0 Å². The van der Waals surface area contributed by atoms with Crippen molar-refractivity contribution in [1.29, 1.82) is 0 Å². The second-order valence-electron chi connectivity index (χ2n) is 8.80. The topological polar surface area (TPSA) is 161 Å². The summed E-state index contributed by atoms with van der Waals surface area (Å²) in [6.07, 6.45) is 2.07. The first-order chi connectivity index (χ1) is 19.2. The zero-order chi connectivity index (χ0) is 29.3. The zero-order valence-corrected chi connectivity index (χ0v) is 23.2. The maximum Gasteiger partial charge on any atom is 0.273 e. The van der Waals surface area contributed by atoms with Gasteiger partial charge >= 0.3 is 0 Å². The molecular weight excluding hydrogens is 518 g/mol. The molecule has 1 aromatic heterocycles. The molecule has 0 fully saturated rings. The third kappa shape index (κ3) is 11.2. The molecule has 3 aromatic rings. The van der Waals surface area contributed by atoms with E-state index in [9.17, 15) is 19.2 Å². The fraction of sp³-hybridized carbons (Fsp3) is 0.393. The van der Waals surface area contributed by atoms with Crippen LogP contribution in [0, 0.1) is 6.92 Å². The maximum absolute atomic E-state index is 12.6. The van der Waals surface area contributed by atoms with Gasteiger partial charge in [0.1, 0.15) is 11.8 Å². The highest BCUT2D eigenvalue weighted by Crippen LogP contribution is 2.18. The van der Waals surface area contributed by atoms with Crippen LogP contribution in [0.4, 0.5) is 0 Å². The molecule has 0 aliphatic rings. The highest BCUT2D eigenvalue weighted by molar-refractivity contribution is 5.95. The lowest BCUT2D eigenvalue weighted by Gasteiger charge is -2.18. The molecule has 0 bridgehead atoms. The van der Waals surface area contributed by atoms with Gasteiger partial charge in [0.25, 0.3) is 5.91 Å². The van der Waals surface area contributed by atoms with E-state index in [0.717, 1.165) is 29.2 Å². The molecule has 1 unspecified atom stereocenters. The number of carbonyl (C=O) groups is 4. The van der Waals surface area contributed by atoms with Crippen molar-refractivity contribution in [3.63, 3.8) is 0 Å². The first-order valence-electron chi connectivity index (χ1n) is 12.9. The van der Waals surface area contributed by atoms with E-state index < -0.39 is 17.9 Å². The van der Waals surface area contributed by atoms with Gasteiger partial charge in [-0.1, -0.05) is 61.0 Å². The standard InChI is InChI=1S/C22H24N4O5.C6H13NO2/c1-14-10-18(26-31-14)21(28)24-12-20(27)25-19(13-30-2)22(29)23-11-16-8-5-7-15-6-3-4-9-17(15)16;1-3-4-5-9-7-6(2)8/h3-10,19H,11-13H2,1-2H3,(H,23,29)(H,24,28)(H,25,27);3-5H2,1-2H3,(H,7,8). The molecule has 0 aliphatic heterocycles. The summed E-state index contributed by atoms with van der Waals surface area (Å²) in [6, 6.07) is 14.3. The number of nitrogens with one attached hydrogen (secondary N) is 4. The van der Waals surface area contributed by atoms with Gasteiger partial charge in [0.15, 0.2) is 5.69 Å². The number of ether oxygens (including phenoxy) is 1. The van der Waals surface area contributed by atoms with Crippen molar-refractivity contribution in [1.82, 2.24) is 26.6 Å². The number of methoxy groups -OCH3 is 1. The van der Waals surface area contributed by atoms with Gasteiger partial charge < -0.3 is 25.2 Å². The van der Waals surface area contributed by atoms with Crippen LogP contribution in [0.3, 0.4) is 0 Å². The average Bonchev–Trinajstić information content (AvgIpc) is 3.39. The number of aromatic nitrogens is 1. The minimum absolute atomic E-state index is 0.0104. The molecule has 12 nitrogen and oxygen atoms in total. The molecule has 0 radical (unpaired) electrons. The van der Waals surface area contributed by atoms with Crippen LogP contribution in [-0.2, 0) is 30.5 Å². The van der Waals surface area contributed by atoms with Gasteiger partial charge in [-0.2, -0.15) is 0 Å². The number of aryl methyl sites for hydroxylation is 1. The monoisotopic (exact) mass is 555 g/mol. The first-order valence-corrected chi connectivity index (χ1v) is 12.9. The molecule has 1 heterocycles. The Morgan fingerprint density at radius 3 is 2.48 bits per heavy atom. The lowest BCUT2D eigenvalue weighted by molar-refractivity contribution is -0.131. The number of benzene rings is 2. The first kappa shape index (κ1) is 31.9. The van der Waals surface area contributed by atoms with E-state index in [0.29, 0.717) is 18.9 Å². The number of carbonyl (C=O) groups excluding carboxylic acids is 4. The second kappa shape index (κ2) is 17.3. The van der Waals surface area contributed by atoms with E-state index in [-0.39, 0.29) is 30.7 Å². The van der Waals surface area contributed by atoms with Crippen molar-refractivity contribution in [3.05, 3.63) is 65.5 Å². The molecule has 0 saturated carbocycles. The fourth-order valence-electron chi connectivity index (χ4n) is 3.44. The van der Waals surface area contributed by atoms with Gasteiger partial charge in [-0.15, -0.1) is 0 Å². The summed E-state index contributed by atoms with van der Waals surface area (Å²) in [5.41, 5.74) is 3.28. The lowest BCUT2D eigenvalue weighted by atomic mass is 10.0. The normalized spacial score (nSPS) is 11.1. The number of hydrogen-bond donors (Lipinski definition) is 4. The van der Waals surface area contributed by atoms with Gasteiger partial charge in [-0.25, -0.2) is 5.48 Å². The second-order valence-corrected chi connectivity index (χ2v) is 8.80. The predicted molar refractivity (Wildman–Crippen MR) is 148 cm³/mol. The Hall–Kier alpha value is -4.29. The number of hydroxylamine groups is 1. The summed E-state index contributed by atoms with van der Waals surface area (Å²) in [5, 5.41) is 13.5. The third-order valence-electron chi connectivity index (χ3n) is 5.40. The molecule has 3 rings (SSSR count). The number of nitrogens with zero attached hydrogens (tertiary/aromatic N) is 1. The number of rotatable bonds is 13. The van der Waals surface area contributed by atoms with E-state index in [1.165, 1.54) is 20.1 Å². The van der Waals surface area contributed by atoms with Crippen molar-refractivity contribution in [2.75, 3.05) is 26.9 Å². The van der Waals surface area contributed by atoms with Crippen LogP contribution >= 0.6 is 0 Å². The molecule has 1 atom stereocenters. The Balaban J connectivity index is 0.000000536. The van der Waals surface area contributed by atoms with Gasteiger partial charge in [0.2, 0.25) is 17.7 Å². The van der Waals surface area contributed by atoms with E-state index >= 15 is 0 Å². The van der Waals surface area contributed by atoms with Crippen molar-refractivity contribution < 1.29 is 33.3 Å². The quantitative estimate of drug-likeness (QED) is 0.184. The summed E-state index contributed by atoms with van der Waals surface area (Å²) in [7, 11) is 1.44. The Morgan fingerprint density at radius 1 is 1.05 bits per heavy atom. The molecule has 4 amide bonds. The summed E-state index contributed by atoms with van der Waals surface area (Å²) in [5.74, 6) is -1.13. The van der Waals surface area contributed by atoms with E-state index in [1.54, 1.807) is 6.92 Å². The molecule has 4 N–H and O–H groups in total. The SMILES string of the molecule is CCCCONC(C)=O.COCC(NC(=O)CNC(=O)c1cc(C)on1)C(=O)NCc1cccc2ccccc12. The molecule has 0 aliphatic carbocycles. The molecular formula is C28H37N5O7. The van der Waals surface area contributed by atoms with E-state index in [2.05, 4.69) is 33.5 Å². The predicted octanol–water partition coefficient (Wildman–Crippen LogP) is 2.17. The molecule has 216 valence electrons. The van der Waals surface area contributed by atoms with Crippen molar-refractivity contribution in [2.24, 2.45) is 0 Å². The van der Waals surface area contributed by atoms with Crippen molar-refractivity contribution in [2.45, 2.75) is 46.2 Å². The third-order valence-corrected chi connectivity index (χ3v) is 5.40. The minimum atomic E-state index is -0.904. The maximum atomic E-state index is 12.6. The van der Waals surface area contributed by atoms with E-state index in [1.807, 2.05) is 42.5 Å². The van der Waals surface area contributed by atoms with Crippen LogP contribution in [0.1, 0.15) is 48.5 Å². The van der Waals surface area contributed by atoms with Gasteiger partial charge in [-0.3, -0.25) is 24.0 Å². The summed E-state index contributed by atoms with van der Waals surface area (Å²) >= 11 is 0. The van der Waals surface area contributed by atoms with Crippen LogP contribution in [0.5, 0.6) is 0 Å². The average molecular weight is 556 g/mol. The molecule has 40 heavy (non-hydrogen) atoms. The minimum Gasteiger partial charge on any atom is -0.382 e.